The van der Waals surface area contributed by atoms with Gasteiger partial charge in [0.1, 0.15) is 16.4 Å². The predicted molar refractivity (Wildman–Crippen MR) is 99.2 cm³/mol. The molecule has 0 saturated carbocycles. The highest BCUT2D eigenvalue weighted by Crippen LogP contribution is 2.30. The van der Waals surface area contributed by atoms with E-state index in [4.69, 9.17) is 9.84 Å². The minimum atomic E-state index is -4.20. The average Bonchev–Trinajstić information content (AvgIpc) is 2.60. The number of amides is 1. The van der Waals surface area contributed by atoms with Crippen LogP contribution < -0.4 is 9.46 Å². The quantitative estimate of drug-likeness (QED) is 0.715. The van der Waals surface area contributed by atoms with E-state index in [1.165, 1.54) is 18.2 Å². The van der Waals surface area contributed by atoms with Gasteiger partial charge in [-0.15, -0.1) is 0 Å². The van der Waals surface area contributed by atoms with Crippen LogP contribution in [-0.2, 0) is 19.6 Å². The molecule has 7 nitrogen and oxygen atoms in total. The molecule has 2 N–H and O–H groups in total. The van der Waals surface area contributed by atoms with Gasteiger partial charge >= 0.3 is 5.97 Å². The van der Waals surface area contributed by atoms with Crippen molar-refractivity contribution >= 4 is 21.9 Å². The molecule has 0 unspecified atom stereocenters. The van der Waals surface area contributed by atoms with Gasteiger partial charge in [0.2, 0.25) is 5.91 Å². The normalized spacial score (nSPS) is 11.2. The molecule has 0 spiro atoms. The zero-order valence-electron chi connectivity index (χ0n) is 15.0. The number of aliphatic carboxylic acids is 1. The third-order valence-corrected chi connectivity index (χ3v) is 5.12. The molecule has 0 aliphatic carbocycles. The van der Waals surface area contributed by atoms with E-state index in [1.807, 2.05) is 36.8 Å². The first-order valence-corrected chi connectivity index (χ1v) is 9.81. The maximum atomic E-state index is 12.5. The standard InChI is InChI=1S/C19H21NO6S/c1-13(2)14-6-5-7-15(12-14)26-16-8-3-4-9-17(16)27(24,25)20-18(21)10-11-19(22)23/h3-9,12-13H,10-11H2,1-2H3,(H,20,21)(H,22,23). The summed E-state index contributed by atoms with van der Waals surface area (Å²) in [6, 6.07) is 13.2. The highest BCUT2D eigenvalue weighted by Gasteiger charge is 2.22. The average molecular weight is 391 g/mol. The second-order valence-corrected chi connectivity index (χ2v) is 7.85. The monoisotopic (exact) mass is 391 g/mol. The van der Waals surface area contributed by atoms with Crippen molar-refractivity contribution in [3.05, 3.63) is 54.1 Å². The van der Waals surface area contributed by atoms with Crippen LogP contribution in [-0.4, -0.2) is 25.4 Å². The Labute approximate surface area is 158 Å². The lowest BCUT2D eigenvalue weighted by Gasteiger charge is -2.13. The van der Waals surface area contributed by atoms with E-state index in [0.29, 0.717) is 5.75 Å². The predicted octanol–water partition coefficient (Wildman–Crippen LogP) is 3.27. The van der Waals surface area contributed by atoms with Gasteiger partial charge in [-0.2, -0.15) is 0 Å². The number of nitrogens with one attached hydrogen (secondary N) is 1. The Morgan fingerprint density at radius 3 is 2.44 bits per heavy atom. The number of carbonyl (C=O) groups is 2. The van der Waals surface area contributed by atoms with Crippen LogP contribution in [0.1, 0.15) is 38.2 Å². The van der Waals surface area contributed by atoms with Crippen LogP contribution in [0, 0.1) is 0 Å². The second-order valence-electron chi connectivity index (χ2n) is 6.20. The van der Waals surface area contributed by atoms with Crippen molar-refractivity contribution < 1.29 is 27.9 Å². The van der Waals surface area contributed by atoms with E-state index in [1.54, 1.807) is 12.1 Å². The van der Waals surface area contributed by atoms with Crippen molar-refractivity contribution in [3.8, 4) is 11.5 Å². The van der Waals surface area contributed by atoms with Crippen molar-refractivity contribution in [2.45, 2.75) is 37.5 Å². The zero-order chi connectivity index (χ0) is 20.0. The zero-order valence-corrected chi connectivity index (χ0v) is 15.8. The van der Waals surface area contributed by atoms with Gasteiger partial charge in [0, 0.05) is 6.42 Å². The Balaban J connectivity index is 2.25. The topological polar surface area (TPSA) is 110 Å². The lowest BCUT2D eigenvalue weighted by atomic mass is 10.0. The van der Waals surface area contributed by atoms with Crippen molar-refractivity contribution in [3.63, 3.8) is 0 Å². The van der Waals surface area contributed by atoms with Gasteiger partial charge in [-0.05, 0) is 35.7 Å². The van der Waals surface area contributed by atoms with Crippen LogP contribution in [0.5, 0.6) is 11.5 Å². The second kappa shape index (κ2) is 8.68. The third-order valence-electron chi connectivity index (χ3n) is 3.71. The minimum absolute atomic E-state index is 0.0666. The first-order valence-electron chi connectivity index (χ1n) is 8.33. The molecule has 0 radical (unpaired) electrons. The highest BCUT2D eigenvalue weighted by atomic mass is 32.2. The number of carbonyl (C=O) groups excluding carboxylic acids is 1. The van der Waals surface area contributed by atoms with Gasteiger partial charge < -0.3 is 9.84 Å². The van der Waals surface area contributed by atoms with E-state index in [2.05, 4.69) is 0 Å². The maximum Gasteiger partial charge on any atom is 0.303 e. The summed E-state index contributed by atoms with van der Waals surface area (Å²) in [5.74, 6) is -1.26. The highest BCUT2D eigenvalue weighted by molar-refractivity contribution is 7.90. The number of hydrogen-bond acceptors (Lipinski definition) is 5. The van der Waals surface area contributed by atoms with Crippen LogP contribution in [0.15, 0.2) is 53.4 Å². The maximum absolute atomic E-state index is 12.5. The number of ether oxygens (including phenoxy) is 1. The molecule has 1 amide bonds. The van der Waals surface area contributed by atoms with E-state index >= 15 is 0 Å². The molecule has 0 aliphatic heterocycles. The van der Waals surface area contributed by atoms with Crippen molar-refractivity contribution in [2.24, 2.45) is 0 Å². The van der Waals surface area contributed by atoms with E-state index in [0.717, 1.165) is 5.56 Å². The number of benzene rings is 2. The van der Waals surface area contributed by atoms with Crippen LogP contribution in [0.4, 0.5) is 0 Å². The van der Waals surface area contributed by atoms with E-state index < -0.39 is 34.7 Å². The summed E-state index contributed by atoms with van der Waals surface area (Å²) >= 11 is 0. The van der Waals surface area contributed by atoms with Gasteiger partial charge in [-0.3, -0.25) is 9.59 Å². The molecular weight excluding hydrogens is 370 g/mol. The third kappa shape index (κ3) is 5.82. The minimum Gasteiger partial charge on any atom is -0.481 e. The SMILES string of the molecule is CC(C)c1cccc(Oc2ccccc2S(=O)(=O)NC(=O)CCC(=O)O)c1. The van der Waals surface area contributed by atoms with E-state index in [-0.39, 0.29) is 16.6 Å². The largest absolute Gasteiger partial charge is 0.481 e. The fraction of sp³-hybridized carbons (Fsp3) is 0.263. The molecule has 2 aromatic carbocycles. The molecule has 0 aromatic heterocycles. The Morgan fingerprint density at radius 1 is 1.07 bits per heavy atom. The Hall–Kier alpha value is -2.87. The lowest BCUT2D eigenvalue weighted by Crippen LogP contribution is -2.31. The molecule has 2 aromatic rings. The van der Waals surface area contributed by atoms with Gasteiger partial charge in [0.15, 0.2) is 0 Å². The summed E-state index contributed by atoms with van der Waals surface area (Å²) in [7, 11) is -4.20. The summed E-state index contributed by atoms with van der Waals surface area (Å²) < 4.78 is 32.6. The van der Waals surface area contributed by atoms with Crippen LogP contribution in [0.3, 0.4) is 0 Å². The Bertz CT molecular complexity index is 937. The molecule has 0 aliphatic rings. The fourth-order valence-electron chi connectivity index (χ4n) is 2.30. The molecule has 0 fully saturated rings. The summed E-state index contributed by atoms with van der Waals surface area (Å²) in [5, 5.41) is 8.60. The van der Waals surface area contributed by atoms with Crippen LogP contribution in [0.25, 0.3) is 0 Å². The smallest absolute Gasteiger partial charge is 0.303 e. The Kier molecular flexibility index (Phi) is 6.57. The number of carboxylic acid groups (broad SMARTS) is 1. The summed E-state index contributed by atoms with van der Waals surface area (Å²) in [5.41, 5.74) is 1.04. The summed E-state index contributed by atoms with van der Waals surface area (Å²) in [4.78, 5) is 22.0. The van der Waals surface area contributed by atoms with Crippen molar-refractivity contribution in [1.82, 2.24) is 4.72 Å². The molecule has 0 saturated heterocycles. The van der Waals surface area contributed by atoms with Crippen molar-refractivity contribution in [1.29, 1.82) is 0 Å². The number of para-hydroxylation sites is 1. The first kappa shape index (κ1) is 20.4. The number of carboxylic acids is 1. The summed E-state index contributed by atoms with van der Waals surface area (Å²) in [6.45, 7) is 4.06. The summed E-state index contributed by atoms with van der Waals surface area (Å²) in [6.07, 6.45) is -0.893. The lowest BCUT2D eigenvalue weighted by molar-refractivity contribution is -0.138. The molecule has 0 bridgehead atoms. The van der Waals surface area contributed by atoms with Crippen LogP contribution in [0.2, 0.25) is 0 Å². The number of rotatable bonds is 8. The van der Waals surface area contributed by atoms with Crippen molar-refractivity contribution in [2.75, 3.05) is 0 Å². The molecular formula is C19H21NO6S. The molecule has 0 atom stereocenters. The van der Waals surface area contributed by atoms with Gasteiger partial charge in [0.05, 0.1) is 6.42 Å². The fourth-order valence-corrected chi connectivity index (χ4v) is 3.44. The molecule has 2 rings (SSSR count). The number of sulfonamides is 1. The van der Waals surface area contributed by atoms with Gasteiger partial charge in [-0.1, -0.05) is 38.1 Å². The molecule has 27 heavy (non-hydrogen) atoms. The first-order chi connectivity index (χ1) is 12.7. The molecule has 144 valence electrons. The molecule has 8 heteroatoms. The Morgan fingerprint density at radius 2 is 1.78 bits per heavy atom. The number of hydrogen-bond donors (Lipinski definition) is 2. The van der Waals surface area contributed by atoms with E-state index in [9.17, 15) is 18.0 Å². The van der Waals surface area contributed by atoms with Gasteiger partial charge in [-0.25, -0.2) is 13.1 Å². The van der Waals surface area contributed by atoms with Crippen LogP contribution >= 0.6 is 0 Å². The van der Waals surface area contributed by atoms with Gasteiger partial charge in [0.25, 0.3) is 10.0 Å². The molecule has 0 heterocycles.